The molecule has 15 nitrogen and oxygen atoms in total. The van der Waals surface area contributed by atoms with Crippen LogP contribution in [0.1, 0.15) is 92.4 Å². The Morgan fingerprint density at radius 1 is 1.10 bits per heavy atom. The second-order valence-corrected chi connectivity index (χ2v) is 16.8. The van der Waals surface area contributed by atoms with Crippen molar-refractivity contribution in [1.29, 1.82) is 0 Å². The van der Waals surface area contributed by atoms with Crippen LogP contribution in [0.2, 0.25) is 0 Å². The third-order valence-electron chi connectivity index (χ3n) is 10.6. The molecule has 17 heteroatoms. The highest BCUT2D eigenvalue weighted by Gasteiger charge is 2.68. The van der Waals surface area contributed by atoms with E-state index >= 15 is 0 Å². The lowest BCUT2D eigenvalue weighted by Gasteiger charge is -2.64. The van der Waals surface area contributed by atoms with E-state index in [9.17, 15) is 22.9 Å². The Balaban J connectivity index is 1.33. The number of benzene rings is 1. The lowest BCUT2D eigenvalue weighted by Crippen LogP contribution is -2.65. The summed E-state index contributed by atoms with van der Waals surface area (Å²) >= 11 is 0. The number of carbonyl (C=O) groups excluding carboxylic acids is 2. The first-order valence-corrected chi connectivity index (χ1v) is 19.2. The molecular formula is C33H55BN7O8S+. The predicted molar refractivity (Wildman–Crippen MR) is 188 cm³/mol. The van der Waals surface area contributed by atoms with Gasteiger partial charge in [0.25, 0.3) is 5.96 Å². The SMILES string of the molecule is CC(C)C[C@H](NC(=O)[C@H](CCCN=C(N)N[N+](=O)O)NC(=O)CCCCCNS(=O)(=O)c1ccccc1)B1O[C@@H]2C[C@@H]3C[C@@H](C3(C)C)[C@]2(C)O1. The smallest absolute Gasteiger partial charge is 0.404 e. The van der Waals surface area contributed by atoms with Crippen molar-refractivity contribution in [3.05, 3.63) is 35.2 Å². The summed E-state index contributed by atoms with van der Waals surface area (Å²) in [6, 6.07) is 7.24. The standard InChI is InChI=1S/C33H54BN7O8S/c1-22(2)19-28(34-48-27-21-23-20-26(32(23,3)4)33(27,5)49-34)39-30(43)25(15-12-17-36-31(35)40-41(44)45)38-29(42)16-10-7-11-18-37-50(46,47)24-13-8-6-9-14-24/h6,8-9,13-14,22-23,25-28,37H,7,10-12,15-21H2,1-5H3,(H5-,35,36,38,39,40,42,43,44,45)/p+1/t23-,25-,26-,27+,28-,33-/m0/s1. The number of amides is 2. The minimum Gasteiger partial charge on any atom is -0.404 e. The Labute approximate surface area is 296 Å². The zero-order valence-corrected chi connectivity index (χ0v) is 30.7. The van der Waals surface area contributed by atoms with Crippen LogP contribution in [0.15, 0.2) is 40.2 Å². The summed E-state index contributed by atoms with van der Waals surface area (Å²) < 4.78 is 40.6. The first kappa shape index (κ1) is 39.5. The van der Waals surface area contributed by atoms with Crippen LogP contribution in [0, 0.1) is 28.1 Å². The van der Waals surface area contributed by atoms with Crippen LogP contribution in [-0.2, 0) is 28.9 Å². The second-order valence-electron chi connectivity index (χ2n) is 15.0. The molecule has 1 heterocycles. The largest absolute Gasteiger partial charge is 0.481 e. The highest BCUT2D eigenvalue weighted by Crippen LogP contribution is 2.65. The number of nitrogens with zero attached hydrogens (tertiary/aromatic N) is 2. The maximum absolute atomic E-state index is 13.8. The van der Waals surface area contributed by atoms with Crippen molar-refractivity contribution in [3.63, 3.8) is 0 Å². The number of sulfonamides is 1. The molecule has 1 aliphatic heterocycles. The number of aliphatic imine (C=N–C) groups is 1. The van der Waals surface area contributed by atoms with Crippen molar-refractivity contribution in [1.82, 2.24) is 20.8 Å². The molecule has 7 N–H and O–H groups in total. The van der Waals surface area contributed by atoms with Gasteiger partial charge in [0, 0.05) is 19.5 Å². The molecule has 6 atom stereocenters. The van der Waals surface area contributed by atoms with Gasteiger partial charge in [0.1, 0.15) is 10.9 Å². The molecule has 2 bridgehead atoms. The van der Waals surface area contributed by atoms with Crippen molar-refractivity contribution < 1.29 is 37.6 Å². The van der Waals surface area contributed by atoms with Gasteiger partial charge >= 0.3 is 12.2 Å². The summed E-state index contributed by atoms with van der Waals surface area (Å²) in [4.78, 5) is 41.8. The quantitative estimate of drug-likeness (QED) is 0.0404. The number of rotatable bonds is 19. The van der Waals surface area contributed by atoms with Gasteiger partial charge in [0.15, 0.2) is 0 Å². The molecule has 0 aromatic heterocycles. The van der Waals surface area contributed by atoms with E-state index in [-0.39, 0.29) is 66.0 Å². The topological polar surface area (TPSA) is 214 Å². The van der Waals surface area contributed by atoms with E-state index in [2.05, 4.69) is 55.0 Å². The first-order chi connectivity index (χ1) is 23.5. The molecule has 3 saturated carbocycles. The summed E-state index contributed by atoms with van der Waals surface area (Å²) in [6.07, 6.45) is 5.00. The number of nitrogens with two attached hydrogens (primary N) is 1. The van der Waals surface area contributed by atoms with Crippen LogP contribution in [-0.4, -0.2) is 80.3 Å². The van der Waals surface area contributed by atoms with Crippen LogP contribution in [0.5, 0.6) is 0 Å². The third kappa shape index (κ3) is 9.95. The Hall–Kier alpha value is -3.28. The molecule has 5 rings (SSSR count). The Kier molecular flexibility index (Phi) is 13.3. The molecule has 3 aliphatic carbocycles. The average Bonchev–Trinajstić information content (AvgIpc) is 3.41. The van der Waals surface area contributed by atoms with Gasteiger partial charge in [-0.25, -0.2) is 23.3 Å². The maximum Gasteiger partial charge on any atom is 0.481 e. The van der Waals surface area contributed by atoms with E-state index in [1.54, 1.807) is 18.2 Å². The zero-order valence-electron chi connectivity index (χ0n) is 29.9. The zero-order chi connectivity index (χ0) is 36.7. The normalized spacial score (nSPS) is 25.3. The minimum atomic E-state index is -3.59. The van der Waals surface area contributed by atoms with Crippen LogP contribution in [0.3, 0.4) is 0 Å². The summed E-state index contributed by atoms with van der Waals surface area (Å²) in [6.45, 7) is 11.2. The number of guanidine groups is 1. The Bertz CT molecular complexity index is 1480. The Morgan fingerprint density at radius 2 is 1.82 bits per heavy atom. The lowest BCUT2D eigenvalue weighted by atomic mass is 9.43. The number of hydrogen-bond donors (Lipinski definition) is 6. The Morgan fingerprint density at radius 3 is 2.48 bits per heavy atom. The molecule has 1 aromatic carbocycles. The summed E-state index contributed by atoms with van der Waals surface area (Å²) in [7, 11) is -4.21. The van der Waals surface area contributed by atoms with E-state index < -0.39 is 39.8 Å². The van der Waals surface area contributed by atoms with Gasteiger partial charge in [-0.15, -0.1) is 0 Å². The van der Waals surface area contributed by atoms with E-state index in [0.29, 0.717) is 43.9 Å². The van der Waals surface area contributed by atoms with Gasteiger partial charge in [-0.3, -0.25) is 9.59 Å². The van der Waals surface area contributed by atoms with Crippen molar-refractivity contribution in [2.24, 2.45) is 33.9 Å². The van der Waals surface area contributed by atoms with Gasteiger partial charge in [-0.05, 0) is 92.6 Å². The third-order valence-corrected chi connectivity index (χ3v) is 12.0. The van der Waals surface area contributed by atoms with E-state index in [1.807, 2.05) is 5.43 Å². The molecule has 4 fully saturated rings. The van der Waals surface area contributed by atoms with Gasteiger partial charge in [0.05, 0.1) is 22.5 Å². The summed E-state index contributed by atoms with van der Waals surface area (Å²) in [5.41, 5.74) is 7.21. The van der Waals surface area contributed by atoms with E-state index in [1.165, 1.54) is 12.1 Å². The molecular weight excluding hydrogens is 665 g/mol. The molecule has 278 valence electrons. The lowest BCUT2D eigenvalue weighted by molar-refractivity contribution is -0.822. The average molecular weight is 721 g/mol. The molecule has 1 saturated heterocycles. The van der Waals surface area contributed by atoms with Crippen molar-refractivity contribution >= 4 is 34.9 Å². The van der Waals surface area contributed by atoms with Gasteiger partial charge < -0.3 is 25.7 Å². The van der Waals surface area contributed by atoms with Gasteiger partial charge in [0.2, 0.25) is 21.8 Å². The number of unbranched alkanes of at least 4 members (excludes halogenated alkanes) is 2. The van der Waals surface area contributed by atoms with Crippen molar-refractivity contribution in [2.45, 2.75) is 121 Å². The van der Waals surface area contributed by atoms with Gasteiger partial charge in [-0.1, -0.05) is 52.3 Å². The summed E-state index contributed by atoms with van der Waals surface area (Å²) in [5, 5.41) is 14.2. The van der Waals surface area contributed by atoms with Crippen LogP contribution in [0.4, 0.5) is 0 Å². The molecule has 50 heavy (non-hydrogen) atoms. The van der Waals surface area contributed by atoms with Crippen LogP contribution < -0.4 is 26.5 Å². The van der Waals surface area contributed by atoms with Crippen molar-refractivity contribution in [2.75, 3.05) is 13.1 Å². The highest BCUT2D eigenvalue weighted by atomic mass is 32.2. The number of hydrazine groups is 1. The summed E-state index contributed by atoms with van der Waals surface area (Å²) in [5.74, 6) is -0.210. The molecule has 0 unspecified atom stereocenters. The molecule has 2 amide bonds. The number of hydrogen-bond acceptors (Lipinski definition) is 8. The van der Waals surface area contributed by atoms with E-state index in [4.69, 9.17) is 20.2 Å². The maximum atomic E-state index is 13.8. The van der Waals surface area contributed by atoms with Gasteiger partial charge in [-0.2, -0.15) is 0 Å². The minimum absolute atomic E-state index is 0.0409. The fraction of sp³-hybridized carbons (Fsp3) is 0.727. The fourth-order valence-corrected chi connectivity index (χ4v) is 8.84. The fourth-order valence-electron chi connectivity index (χ4n) is 7.74. The molecule has 0 spiro atoms. The second kappa shape index (κ2) is 16.8. The predicted octanol–water partition coefficient (Wildman–Crippen LogP) is 2.58. The number of nitrogens with one attached hydrogen (secondary N) is 4. The monoisotopic (exact) mass is 720 g/mol. The number of carbonyl (C=O) groups is 2. The highest BCUT2D eigenvalue weighted by molar-refractivity contribution is 7.89. The first-order valence-electron chi connectivity index (χ1n) is 17.7. The molecule has 0 radical (unpaired) electrons. The van der Waals surface area contributed by atoms with Crippen LogP contribution in [0.25, 0.3) is 0 Å². The van der Waals surface area contributed by atoms with Crippen LogP contribution >= 0.6 is 0 Å². The molecule has 1 aromatic rings. The molecule has 4 aliphatic rings. The van der Waals surface area contributed by atoms with Crippen molar-refractivity contribution in [3.8, 4) is 0 Å². The van der Waals surface area contributed by atoms with E-state index in [0.717, 1.165) is 12.8 Å².